The van der Waals surface area contributed by atoms with Crippen LogP contribution in [0.25, 0.3) is 23.0 Å². The summed E-state index contributed by atoms with van der Waals surface area (Å²) in [6, 6.07) is 17.9. The first-order chi connectivity index (χ1) is 13.8. The number of hydrogen-bond donors (Lipinski definition) is 1. The van der Waals surface area contributed by atoms with Crippen molar-refractivity contribution in [2.75, 3.05) is 0 Å². The van der Waals surface area contributed by atoms with Gasteiger partial charge in [-0.15, -0.1) is 0 Å². The second-order valence-electron chi connectivity index (χ2n) is 7.87. The van der Waals surface area contributed by atoms with E-state index in [9.17, 15) is 5.11 Å². The summed E-state index contributed by atoms with van der Waals surface area (Å²) in [5.41, 5.74) is 4.87. The average molecular weight is 388 g/mol. The monoisotopic (exact) mass is 388 g/mol. The molecule has 2 aromatic carbocycles. The lowest BCUT2D eigenvalue weighted by Crippen LogP contribution is -2.14. The Morgan fingerprint density at radius 2 is 1.69 bits per heavy atom. The topological polar surface area (TPSA) is 77.0 Å². The number of hydrogen-bond acceptors (Lipinski definition) is 5. The lowest BCUT2D eigenvalue weighted by atomic mass is 9.97. The van der Waals surface area contributed by atoms with Crippen LogP contribution in [0.5, 0.6) is 0 Å². The highest BCUT2D eigenvalue weighted by molar-refractivity contribution is 5.58. The third-order valence-electron chi connectivity index (χ3n) is 4.93. The summed E-state index contributed by atoms with van der Waals surface area (Å²) < 4.78 is 7.38. The van der Waals surface area contributed by atoms with Crippen molar-refractivity contribution in [1.82, 2.24) is 19.9 Å². The zero-order valence-corrected chi connectivity index (χ0v) is 17.0. The number of aryl methyl sites for hydroxylation is 2. The van der Waals surface area contributed by atoms with Crippen LogP contribution in [0.15, 0.2) is 59.1 Å². The maximum atomic E-state index is 10.1. The third-order valence-corrected chi connectivity index (χ3v) is 4.93. The molecule has 0 fully saturated rings. The van der Waals surface area contributed by atoms with E-state index in [0.29, 0.717) is 24.0 Å². The molecule has 6 heteroatoms. The van der Waals surface area contributed by atoms with Crippen LogP contribution in [0.3, 0.4) is 0 Å². The molecule has 4 rings (SSSR count). The molecular weight excluding hydrogens is 364 g/mol. The molecule has 0 radical (unpaired) electrons. The van der Waals surface area contributed by atoms with Gasteiger partial charge >= 0.3 is 0 Å². The first kappa shape index (κ1) is 19.1. The molecule has 2 aromatic heterocycles. The molecule has 0 spiro atoms. The van der Waals surface area contributed by atoms with E-state index < -0.39 is 5.60 Å². The molecule has 0 atom stereocenters. The van der Waals surface area contributed by atoms with Crippen LogP contribution in [0, 0.1) is 13.8 Å². The van der Waals surface area contributed by atoms with Crippen molar-refractivity contribution >= 4 is 0 Å². The normalized spacial score (nSPS) is 11.8. The molecule has 1 N–H and O–H groups in total. The number of nitrogens with zero attached hydrogens (tertiary/aromatic N) is 4. The summed E-state index contributed by atoms with van der Waals surface area (Å²) in [6.45, 7) is 8.28. The van der Waals surface area contributed by atoms with Gasteiger partial charge in [-0.1, -0.05) is 59.3 Å². The van der Waals surface area contributed by atoms with E-state index in [0.717, 1.165) is 16.8 Å². The van der Waals surface area contributed by atoms with Gasteiger partial charge in [-0.3, -0.25) is 4.68 Å². The molecule has 0 unspecified atom stereocenters. The fraction of sp³-hybridized carbons (Fsp3) is 0.261. The third kappa shape index (κ3) is 4.12. The van der Waals surface area contributed by atoms with Crippen LogP contribution >= 0.6 is 0 Å². The van der Waals surface area contributed by atoms with Crippen molar-refractivity contribution in [2.45, 2.75) is 39.8 Å². The molecule has 4 aromatic rings. The van der Waals surface area contributed by atoms with Gasteiger partial charge in [0.25, 0.3) is 5.89 Å². The van der Waals surface area contributed by atoms with E-state index in [1.807, 2.05) is 41.9 Å². The van der Waals surface area contributed by atoms with E-state index in [4.69, 9.17) is 4.52 Å². The van der Waals surface area contributed by atoms with Crippen LogP contribution in [-0.2, 0) is 12.1 Å². The van der Waals surface area contributed by atoms with Gasteiger partial charge in [0.15, 0.2) is 5.69 Å². The Bertz CT molecular complexity index is 1120. The van der Waals surface area contributed by atoms with Crippen LogP contribution in [0.2, 0.25) is 0 Å². The van der Waals surface area contributed by atoms with Gasteiger partial charge in [-0.25, -0.2) is 0 Å². The van der Waals surface area contributed by atoms with Crippen molar-refractivity contribution in [1.29, 1.82) is 0 Å². The summed E-state index contributed by atoms with van der Waals surface area (Å²) in [7, 11) is 0. The molecular formula is C23H24N4O2. The largest absolute Gasteiger partial charge is 0.386 e. The fourth-order valence-corrected chi connectivity index (χ4v) is 3.11. The van der Waals surface area contributed by atoms with Gasteiger partial charge in [0.2, 0.25) is 5.82 Å². The molecule has 0 aliphatic heterocycles. The number of aliphatic hydroxyl groups is 1. The Morgan fingerprint density at radius 1 is 1.00 bits per heavy atom. The Morgan fingerprint density at radius 3 is 2.34 bits per heavy atom. The minimum absolute atomic E-state index is 0.386. The highest BCUT2D eigenvalue weighted by Gasteiger charge is 2.18. The van der Waals surface area contributed by atoms with Crippen molar-refractivity contribution in [3.63, 3.8) is 0 Å². The van der Waals surface area contributed by atoms with Crippen molar-refractivity contribution in [2.24, 2.45) is 0 Å². The van der Waals surface area contributed by atoms with Crippen molar-refractivity contribution in [3.8, 4) is 23.0 Å². The van der Waals surface area contributed by atoms with Crippen LogP contribution in [-0.4, -0.2) is 25.0 Å². The fourth-order valence-electron chi connectivity index (χ4n) is 3.11. The maximum Gasteiger partial charge on any atom is 0.278 e. The minimum atomic E-state index is -0.886. The van der Waals surface area contributed by atoms with Gasteiger partial charge in [0.1, 0.15) is 0 Å². The summed E-state index contributed by atoms with van der Waals surface area (Å²) in [6.07, 6.45) is 0. The van der Waals surface area contributed by atoms with Crippen molar-refractivity contribution in [3.05, 3.63) is 77.0 Å². The predicted octanol–water partition coefficient (Wildman–Crippen LogP) is 4.49. The summed E-state index contributed by atoms with van der Waals surface area (Å²) >= 11 is 0. The molecule has 2 heterocycles. The molecule has 6 nitrogen and oxygen atoms in total. The molecule has 0 saturated heterocycles. The van der Waals surface area contributed by atoms with E-state index in [-0.39, 0.29) is 0 Å². The molecule has 0 aliphatic carbocycles. The first-order valence-electron chi connectivity index (χ1n) is 9.57. The summed E-state index contributed by atoms with van der Waals surface area (Å²) in [5.74, 6) is 0.880. The summed E-state index contributed by atoms with van der Waals surface area (Å²) in [4.78, 5) is 4.50. The average Bonchev–Trinajstić information content (AvgIpc) is 3.30. The Hall–Kier alpha value is -3.25. The SMILES string of the molecule is Cc1ccc(Cn2nc(-c3nc(-c4ccc(C(C)(C)O)cc4)no3)cc2C)cc1. The quantitative estimate of drug-likeness (QED) is 0.545. The van der Waals surface area contributed by atoms with E-state index in [1.165, 1.54) is 11.1 Å². The van der Waals surface area contributed by atoms with E-state index >= 15 is 0 Å². The molecule has 0 bridgehead atoms. The van der Waals surface area contributed by atoms with Crippen molar-refractivity contribution < 1.29 is 9.63 Å². The highest BCUT2D eigenvalue weighted by Crippen LogP contribution is 2.25. The molecule has 0 aliphatic rings. The predicted molar refractivity (Wildman–Crippen MR) is 111 cm³/mol. The van der Waals surface area contributed by atoms with Gasteiger partial charge in [-0.2, -0.15) is 10.1 Å². The molecule has 148 valence electrons. The molecule has 0 amide bonds. The van der Waals surface area contributed by atoms with E-state index in [2.05, 4.69) is 46.4 Å². The zero-order chi connectivity index (χ0) is 20.6. The number of rotatable bonds is 5. The Labute approximate surface area is 169 Å². The maximum absolute atomic E-state index is 10.1. The Balaban J connectivity index is 1.56. The second-order valence-corrected chi connectivity index (χ2v) is 7.87. The van der Waals surface area contributed by atoms with Gasteiger partial charge < -0.3 is 9.63 Å². The smallest absolute Gasteiger partial charge is 0.278 e. The molecule has 0 saturated carbocycles. The first-order valence-corrected chi connectivity index (χ1v) is 9.57. The lowest BCUT2D eigenvalue weighted by Gasteiger charge is -2.17. The minimum Gasteiger partial charge on any atom is -0.386 e. The second kappa shape index (κ2) is 7.29. The zero-order valence-electron chi connectivity index (χ0n) is 17.0. The van der Waals surface area contributed by atoms with Gasteiger partial charge in [0.05, 0.1) is 12.1 Å². The molecule has 29 heavy (non-hydrogen) atoms. The van der Waals surface area contributed by atoms with Crippen LogP contribution in [0.4, 0.5) is 0 Å². The van der Waals surface area contributed by atoms with Gasteiger partial charge in [-0.05, 0) is 44.9 Å². The van der Waals surface area contributed by atoms with Gasteiger partial charge in [0, 0.05) is 11.3 Å². The summed E-state index contributed by atoms with van der Waals surface area (Å²) in [5, 5.41) is 18.8. The highest BCUT2D eigenvalue weighted by atomic mass is 16.5. The van der Waals surface area contributed by atoms with E-state index in [1.54, 1.807) is 13.8 Å². The standard InChI is InChI=1S/C23H24N4O2/c1-15-5-7-17(8-6-15)14-27-16(2)13-20(25-27)22-24-21(26-29-22)18-9-11-19(12-10-18)23(3,4)28/h5-13,28H,14H2,1-4H3. The number of benzene rings is 2. The lowest BCUT2D eigenvalue weighted by molar-refractivity contribution is 0.0786. The number of aromatic nitrogens is 4. The Kier molecular flexibility index (Phi) is 4.80. The van der Waals surface area contributed by atoms with Crippen LogP contribution < -0.4 is 0 Å². The van der Waals surface area contributed by atoms with Crippen LogP contribution in [0.1, 0.15) is 36.2 Å².